The molecule has 0 bridgehead atoms. The molecule has 0 aromatic heterocycles. The van der Waals surface area contributed by atoms with Gasteiger partial charge in [0.15, 0.2) is 5.84 Å². The maximum atomic E-state index is 12.4. The van der Waals surface area contributed by atoms with Crippen LogP contribution >= 0.6 is 11.8 Å². The Hall–Kier alpha value is -3.39. The average molecular weight is 435 g/mol. The SMILES string of the molecule is CC1=NN2C(=N)C(=Cc3cccc(OCCOc4cc(C)ccc4C)c3)C(=O)N=C2S1. The predicted octanol–water partition coefficient (Wildman–Crippen LogP) is 4.40. The molecule has 0 saturated carbocycles. The van der Waals surface area contributed by atoms with Crippen LogP contribution in [-0.2, 0) is 4.79 Å². The number of carbonyl (C=O) groups is 1. The van der Waals surface area contributed by atoms with Crippen molar-refractivity contribution < 1.29 is 14.3 Å². The Morgan fingerprint density at radius 2 is 1.90 bits per heavy atom. The van der Waals surface area contributed by atoms with Crippen molar-refractivity contribution in [1.82, 2.24) is 5.01 Å². The summed E-state index contributed by atoms with van der Waals surface area (Å²) in [7, 11) is 0. The smallest absolute Gasteiger partial charge is 0.283 e. The van der Waals surface area contributed by atoms with Gasteiger partial charge in [-0.25, -0.2) is 0 Å². The maximum absolute atomic E-state index is 12.4. The largest absolute Gasteiger partial charge is 0.490 e. The minimum Gasteiger partial charge on any atom is -0.490 e. The highest BCUT2D eigenvalue weighted by Crippen LogP contribution is 2.28. The molecule has 158 valence electrons. The second-order valence-corrected chi connectivity index (χ2v) is 8.34. The molecule has 0 unspecified atom stereocenters. The number of thioether (sulfide) groups is 1. The van der Waals surface area contributed by atoms with Crippen molar-refractivity contribution in [3.63, 3.8) is 0 Å². The van der Waals surface area contributed by atoms with E-state index in [-0.39, 0.29) is 11.4 Å². The van der Waals surface area contributed by atoms with E-state index in [1.54, 1.807) is 6.08 Å². The summed E-state index contributed by atoms with van der Waals surface area (Å²) in [4.78, 5) is 16.4. The molecule has 1 N–H and O–H groups in total. The quantitative estimate of drug-likeness (QED) is 0.538. The van der Waals surface area contributed by atoms with Gasteiger partial charge in [0.25, 0.3) is 5.91 Å². The van der Waals surface area contributed by atoms with Gasteiger partial charge in [0.1, 0.15) is 24.7 Å². The summed E-state index contributed by atoms with van der Waals surface area (Å²) < 4.78 is 11.6. The lowest BCUT2D eigenvalue weighted by Gasteiger charge is -2.20. The highest BCUT2D eigenvalue weighted by atomic mass is 32.2. The Morgan fingerprint density at radius 1 is 1.10 bits per heavy atom. The summed E-state index contributed by atoms with van der Waals surface area (Å²) in [5.74, 6) is 1.09. The second-order valence-electron chi connectivity index (χ2n) is 7.18. The van der Waals surface area contributed by atoms with E-state index in [0.717, 1.165) is 27.5 Å². The fourth-order valence-corrected chi connectivity index (χ4v) is 3.86. The first kappa shape index (κ1) is 20.9. The zero-order valence-corrected chi connectivity index (χ0v) is 18.3. The Labute approximate surface area is 185 Å². The standard InChI is InChI=1S/C23H22N4O3S/c1-14-7-8-15(2)20(11-14)30-10-9-29-18-6-4-5-17(12-18)13-19-21(24)27-23(25-22(19)28)31-16(3)26-27/h4-8,11-13,24H,9-10H2,1-3H3. The molecule has 0 radical (unpaired) electrons. The number of aliphatic imine (C=N–C) groups is 1. The minimum atomic E-state index is -0.443. The highest BCUT2D eigenvalue weighted by molar-refractivity contribution is 8.26. The van der Waals surface area contributed by atoms with Crippen LogP contribution in [0.3, 0.4) is 0 Å². The highest BCUT2D eigenvalue weighted by Gasteiger charge is 2.34. The molecule has 2 aliphatic heterocycles. The number of benzene rings is 2. The van der Waals surface area contributed by atoms with Crippen LogP contribution in [0.15, 0.2) is 58.1 Å². The number of hydrogen-bond acceptors (Lipinski definition) is 6. The monoisotopic (exact) mass is 434 g/mol. The van der Waals surface area contributed by atoms with Crippen LogP contribution in [0.4, 0.5) is 0 Å². The fraction of sp³-hybridized carbons (Fsp3) is 0.217. The van der Waals surface area contributed by atoms with Gasteiger partial charge < -0.3 is 9.47 Å². The first-order valence-electron chi connectivity index (χ1n) is 9.80. The van der Waals surface area contributed by atoms with Gasteiger partial charge in [0.2, 0.25) is 5.17 Å². The molecular weight excluding hydrogens is 412 g/mol. The lowest BCUT2D eigenvalue weighted by atomic mass is 10.1. The van der Waals surface area contributed by atoms with E-state index in [1.165, 1.54) is 16.8 Å². The van der Waals surface area contributed by atoms with Gasteiger partial charge in [-0.3, -0.25) is 10.2 Å². The van der Waals surface area contributed by atoms with Crippen LogP contribution < -0.4 is 9.47 Å². The summed E-state index contributed by atoms with van der Waals surface area (Å²) in [5, 5.41) is 15.1. The number of amidine groups is 2. The van der Waals surface area contributed by atoms with E-state index in [2.05, 4.69) is 16.2 Å². The van der Waals surface area contributed by atoms with Gasteiger partial charge in [-0.05, 0) is 73.5 Å². The van der Waals surface area contributed by atoms with Gasteiger partial charge in [0, 0.05) is 0 Å². The normalized spacial score (nSPS) is 16.9. The lowest BCUT2D eigenvalue weighted by Crippen LogP contribution is -2.35. The zero-order chi connectivity index (χ0) is 22.0. The topological polar surface area (TPSA) is 87.3 Å². The summed E-state index contributed by atoms with van der Waals surface area (Å²) in [5.41, 5.74) is 3.17. The third-order valence-corrected chi connectivity index (χ3v) is 5.50. The van der Waals surface area contributed by atoms with Crippen molar-refractivity contribution in [3.8, 4) is 11.5 Å². The number of hydrogen-bond donors (Lipinski definition) is 1. The summed E-state index contributed by atoms with van der Waals surface area (Å²) >= 11 is 1.28. The lowest BCUT2D eigenvalue weighted by molar-refractivity contribution is -0.114. The minimum absolute atomic E-state index is 0.0209. The third kappa shape index (κ3) is 4.69. The molecule has 31 heavy (non-hydrogen) atoms. The molecular formula is C23H22N4O3S. The van der Waals surface area contributed by atoms with Gasteiger partial charge >= 0.3 is 0 Å². The second kappa shape index (κ2) is 8.77. The summed E-state index contributed by atoms with van der Waals surface area (Å²) in [6.07, 6.45) is 1.64. The molecule has 2 aromatic carbocycles. The average Bonchev–Trinajstić information content (AvgIpc) is 3.11. The Balaban J connectivity index is 1.41. The van der Waals surface area contributed by atoms with Crippen LogP contribution in [-0.4, -0.2) is 40.2 Å². The molecule has 8 heteroatoms. The Morgan fingerprint density at radius 3 is 2.74 bits per heavy atom. The van der Waals surface area contributed by atoms with E-state index in [9.17, 15) is 4.79 Å². The molecule has 0 fully saturated rings. The molecule has 2 heterocycles. The van der Waals surface area contributed by atoms with Gasteiger partial charge in [-0.1, -0.05) is 24.3 Å². The zero-order valence-electron chi connectivity index (χ0n) is 17.5. The molecule has 0 aliphatic carbocycles. The van der Waals surface area contributed by atoms with Crippen molar-refractivity contribution in [1.29, 1.82) is 5.41 Å². The van der Waals surface area contributed by atoms with E-state index >= 15 is 0 Å². The van der Waals surface area contributed by atoms with E-state index in [4.69, 9.17) is 14.9 Å². The molecule has 7 nitrogen and oxygen atoms in total. The number of rotatable bonds is 6. The summed E-state index contributed by atoms with van der Waals surface area (Å²) in [6, 6.07) is 13.4. The molecule has 0 saturated heterocycles. The van der Waals surface area contributed by atoms with Crippen molar-refractivity contribution in [2.75, 3.05) is 13.2 Å². The maximum Gasteiger partial charge on any atom is 0.283 e. The Bertz CT molecular complexity index is 1150. The molecule has 0 spiro atoms. The van der Waals surface area contributed by atoms with Crippen molar-refractivity contribution in [2.45, 2.75) is 20.8 Å². The molecule has 1 amide bonds. The van der Waals surface area contributed by atoms with Crippen molar-refractivity contribution in [2.24, 2.45) is 10.1 Å². The number of nitrogens with zero attached hydrogens (tertiary/aromatic N) is 3. The first-order chi connectivity index (χ1) is 14.9. The van der Waals surface area contributed by atoms with Crippen LogP contribution in [0.1, 0.15) is 23.6 Å². The van der Waals surface area contributed by atoms with E-state index in [1.807, 2.05) is 57.2 Å². The van der Waals surface area contributed by atoms with Gasteiger partial charge in [-0.2, -0.15) is 15.1 Å². The van der Waals surface area contributed by atoms with Crippen LogP contribution in [0.2, 0.25) is 0 Å². The molecule has 4 rings (SSSR count). The van der Waals surface area contributed by atoms with Crippen LogP contribution in [0.25, 0.3) is 6.08 Å². The number of amides is 1. The van der Waals surface area contributed by atoms with E-state index in [0.29, 0.717) is 24.1 Å². The van der Waals surface area contributed by atoms with Crippen molar-refractivity contribution >= 4 is 39.8 Å². The van der Waals surface area contributed by atoms with E-state index < -0.39 is 5.91 Å². The number of aryl methyl sites for hydroxylation is 2. The molecule has 0 atom stereocenters. The summed E-state index contributed by atoms with van der Waals surface area (Å²) in [6.45, 7) is 6.66. The predicted molar refractivity (Wildman–Crippen MR) is 124 cm³/mol. The molecule has 2 aromatic rings. The Kier molecular flexibility index (Phi) is 5.90. The fourth-order valence-electron chi connectivity index (χ4n) is 3.12. The van der Waals surface area contributed by atoms with Crippen LogP contribution in [0.5, 0.6) is 11.5 Å². The molecule has 2 aliphatic rings. The van der Waals surface area contributed by atoms with Crippen LogP contribution in [0, 0.1) is 19.3 Å². The number of fused-ring (bicyclic) bond motifs is 1. The number of nitrogens with one attached hydrogen (secondary N) is 1. The number of ether oxygens (including phenoxy) is 2. The van der Waals surface area contributed by atoms with Gasteiger partial charge in [-0.15, -0.1) is 0 Å². The number of hydrazone groups is 1. The third-order valence-electron chi connectivity index (χ3n) is 4.68. The first-order valence-corrected chi connectivity index (χ1v) is 10.6. The van der Waals surface area contributed by atoms with Crippen molar-refractivity contribution in [3.05, 3.63) is 64.7 Å². The van der Waals surface area contributed by atoms with Gasteiger partial charge in [0.05, 0.1) is 10.6 Å². The number of carbonyl (C=O) groups excluding carboxylic acids is 1.